The Balaban J connectivity index is 0.00000261. The summed E-state index contributed by atoms with van der Waals surface area (Å²) in [6, 6.07) is 20.1. The van der Waals surface area contributed by atoms with E-state index in [1.807, 2.05) is 48.2 Å². The van der Waals surface area contributed by atoms with E-state index >= 15 is 0 Å². The fraction of sp³-hybridized carbons (Fsp3) is 0.350. The van der Waals surface area contributed by atoms with Crippen molar-refractivity contribution < 1.29 is 4.21 Å². The second-order valence-electron chi connectivity index (χ2n) is 6.31. The van der Waals surface area contributed by atoms with Gasteiger partial charge < -0.3 is 10.6 Å². The first-order chi connectivity index (χ1) is 12.7. The van der Waals surface area contributed by atoms with E-state index in [1.54, 1.807) is 7.05 Å². The Morgan fingerprint density at radius 2 is 1.70 bits per heavy atom. The van der Waals surface area contributed by atoms with Gasteiger partial charge >= 0.3 is 0 Å². The topological polar surface area (TPSA) is 53.5 Å². The molecule has 0 spiro atoms. The summed E-state index contributed by atoms with van der Waals surface area (Å²) in [7, 11) is 0.785. The molecule has 0 saturated heterocycles. The van der Waals surface area contributed by atoms with Crippen molar-refractivity contribution in [3.63, 3.8) is 0 Å². The molecule has 0 heterocycles. The van der Waals surface area contributed by atoms with Gasteiger partial charge in [-0.05, 0) is 37.1 Å². The molecule has 3 rings (SSSR count). The molecule has 1 aliphatic carbocycles. The molecule has 2 aromatic carbocycles. The molecule has 0 radical (unpaired) electrons. The van der Waals surface area contributed by atoms with Gasteiger partial charge in [-0.1, -0.05) is 36.4 Å². The average Bonchev–Trinajstić information content (AvgIpc) is 3.45. The van der Waals surface area contributed by atoms with Gasteiger partial charge in [-0.2, -0.15) is 0 Å². The maximum absolute atomic E-state index is 12.3. The summed E-state index contributed by atoms with van der Waals surface area (Å²) in [6.07, 6.45) is 2.43. The molecule has 1 unspecified atom stereocenters. The lowest BCUT2D eigenvalue weighted by Gasteiger charge is -2.18. The summed E-state index contributed by atoms with van der Waals surface area (Å²) in [4.78, 5) is 6.46. The molecule has 1 saturated carbocycles. The van der Waals surface area contributed by atoms with Crippen LogP contribution in [-0.4, -0.2) is 40.8 Å². The number of guanidine groups is 1. The normalized spacial score (nSPS) is 16.1. The molecule has 27 heavy (non-hydrogen) atoms. The van der Waals surface area contributed by atoms with E-state index in [0.29, 0.717) is 12.3 Å². The summed E-state index contributed by atoms with van der Waals surface area (Å²) in [5.74, 6) is 1.34. The second kappa shape index (κ2) is 11.1. The monoisotopic (exact) mass is 515 g/mol. The summed E-state index contributed by atoms with van der Waals surface area (Å²) in [5, 5.41) is 6.70. The molecule has 1 fully saturated rings. The van der Waals surface area contributed by atoms with Crippen molar-refractivity contribution in [1.82, 2.24) is 10.6 Å². The molecule has 0 bridgehead atoms. The van der Waals surface area contributed by atoms with E-state index < -0.39 is 10.8 Å². The Bertz CT molecular complexity index is 752. The summed E-state index contributed by atoms with van der Waals surface area (Å²) >= 11 is 1.94. The molecule has 2 N–H and O–H groups in total. The highest BCUT2D eigenvalue weighted by atomic mass is 127. The first-order valence-electron chi connectivity index (χ1n) is 8.83. The highest BCUT2D eigenvalue weighted by Gasteiger charge is 2.43. The van der Waals surface area contributed by atoms with Crippen LogP contribution in [-0.2, 0) is 10.8 Å². The highest BCUT2D eigenvalue weighted by Crippen LogP contribution is 2.51. The van der Waals surface area contributed by atoms with E-state index in [9.17, 15) is 4.21 Å². The molecular weight excluding hydrogens is 489 g/mol. The number of hydrogen-bond donors (Lipinski definition) is 2. The van der Waals surface area contributed by atoms with Crippen molar-refractivity contribution in [2.45, 2.75) is 27.4 Å². The number of thioether (sulfide) groups is 1. The van der Waals surface area contributed by atoms with E-state index in [1.165, 1.54) is 17.7 Å². The maximum atomic E-state index is 12.3. The molecule has 4 nitrogen and oxygen atoms in total. The summed E-state index contributed by atoms with van der Waals surface area (Å²) < 4.78 is 12.5. The number of halogens is 1. The fourth-order valence-electron chi connectivity index (χ4n) is 2.61. The molecule has 146 valence electrons. The number of hydrogen-bond acceptors (Lipinski definition) is 3. The van der Waals surface area contributed by atoms with Crippen LogP contribution in [0.25, 0.3) is 0 Å². The lowest BCUT2D eigenvalue weighted by molar-refractivity contribution is 0.681. The third-order valence-corrected chi connectivity index (χ3v) is 7.14. The summed E-state index contributed by atoms with van der Waals surface area (Å²) in [6.45, 7) is 1.51. The SMILES string of the molecule is CN=C(NCCS(=O)c1ccccc1)NCC1(Sc2ccccc2)CC1.I. The number of rotatable bonds is 8. The van der Waals surface area contributed by atoms with Crippen molar-refractivity contribution in [1.29, 1.82) is 0 Å². The van der Waals surface area contributed by atoms with E-state index in [0.717, 1.165) is 17.4 Å². The Morgan fingerprint density at radius 3 is 2.30 bits per heavy atom. The zero-order valence-corrected chi connectivity index (χ0v) is 19.4. The lowest BCUT2D eigenvalue weighted by Crippen LogP contribution is -2.42. The van der Waals surface area contributed by atoms with Crippen molar-refractivity contribution in [3.8, 4) is 0 Å². The predicted molar refractivity (Wildman–Crippen MR) is 127 cm³/mol. The van der Waals surface area contributed by atoms with E-state index in [4.69, 9.17) is 0 Å². The Hall–Kier alpha value is -1.06. The molecule has 0 amide bonds. The molecule has 2 aromatic rings. The zero-order chi connectivity index (χ0) is 18.2. The third-order valence-electron chi connectivity index (χ3n) is 4.27. The highest BCUT2D eigenvalue weighted by molar-refractivity contribution is 14.0. The van der Waals surface area contributed by atoms with Gasteiger partial charge in [0.2, 0.25) is 0 Å². The minimum Gasteiger partial charge on any atom is -0.355 e. The molecule has 0 aromatic heterocycles. The fourth-order valence-corrected chi connectivity index (χ4v) is 4.84. The minimum absolute atomic E-state index is 0. The minimum atomic E-state index is -0.986. The van der Waals surface area contributed by atoms with Crippen molar-refractivity contribution in [2.75, 3.05) is 25.9 Å². The predicted octanol–water partition coefficient (Wildman–Crippen LogP) is 3.90. The first-order valence-corrected chi connectivity index (χ1v) is 11.0. The molecule has 1 atom stereocenters. The van der Waals surface area contributed by atoms with Crippen molar-refractivity contribution >= 4 is 52.5 Å². The van der Waals surface area contributed by atoms with Crippen LogP contribution < -0.4 is 10.6 Å². The van der Waals surface area contributed by atoms with Crippen LogP contribution in [0.3, 0.4) is 0 Å². The molecule has 0 aliphatic heterocycles. The quantitative estimate of drug-likeness (QED) is 0.318. The number of nitrogens with zero attached hydrogens (tertiary/aromatic N) is 1. The van der Waals surface area contributed by atoms with Crippen LogP contribution in [0.15, 0.2) is 75.4 Å². The number of nitrogens with one attached hydrogen (secondary N) is 2. The van der Waals surface area contributed by atoms with Gasteiger partial charge in [0.15, 0.2) is 5.96 Å². The molecule has 7 heteroatoms. The van der Waals surface area contributed by atoms with Crippen LogP contribution in [0.5, 0.6) is 0 Å². The molecular formula is C20H26IN3OS2. The van der Waals surface area contributed by atoms with Crippen LogP contribution in [0.1, 0.15) is 12.8 Å². The number of benzene rings is 2. The maximum Gasteiger partial charge on any atom is 0.191 e. The standard InChI is InChI=1S/C20H25N3OS2.HI/c1-21-19(22-14-15-26(24)18-10-6-3-7-11-18)23-16-20(12-13-20)25-17-8-4-2-5-9-17;/h2-11H,12-16H2,1H3,(H2,21,22,23);1H. The number of aliphatic imine (C=N–C) groups is 1. The summed E-state index contributed by atoms with van der Waals surface area (Å²) in [5.41, 5.74) is 0. The van der Waals surface area contributed by atoms with Crippen molar-refractivity contribution in [3.05, 3.63) is 60.7 Å². The van der Waals surface area contributed by atoms with Gasteiger partial charge in [0.25, 0.3) is 0 Å². The third kappa shape index (κ3) is 7.12. The zero-order valence-electron chi connectivity index (χ0n) is 15.4. The van der Waals surface area contributed by atoms with Gasteiger partial charge in [0.1, 0.15) is 0 Å². The largest absolute Gasteiger partial charge is 0.355 e. The van der Waals surface area contributed by atoms with Crippen LogP contribution >= 0.6 is 35.7 Å². The first kappa shape index (κ1) is 22.2. The van der Waals surface area contributed by atoms with E-state index in [2.05, 4.69) is 39.9 Å². The Morgan fingerprint density at radius 1 is 1.07 bits per heavy atom. The Labute approximate surface area is 185 Å². The molecule has 1 aliphatic rings. The smallest absolute Gasteiger partial charge is 0.191 e. The van der Waals surface area contributed by atoms with Crippen LogP contribution in [0, 0.1) is 0 Å². The average molecular weight is 515 g/mol. The van der Waals surface area contributed by atoms with Gasteiger partial charge in [0, 0.05) is 40.4 Å². The van der Waals surface area contributed by atoms with Gasteiger partial charge in [-0.3, -0.25) is 9.20 Å². The lowest BCUT2D eigenvalue weighted by atomic mass is 10.4. The van der Waals surface area contributed by atoms with Gasteiger partial charge in [0.05, 0.1) is 10.8 Å². The van der Waals surface area contributed by atoms with Gasteiger partial charge in [-0.25, -0.2) is 0 Å². The second-order valence-corrected chi connectivity index (χ2v) is 9.43. The van der Waals surface area contributed by atoms with Gasteiger partial charge in [-0.15, -0.1) is 35.7 Å². The van der Waals surface area contributed by atoms with Crippen molar-refractivity contribution in [2.24, 2.45) is 4.99 Å². The van der Waals surface area contributed by atoms with Crippen LogP contribution in [0.4, 0.5) is 0 Å². The Kier molecular flexibility index (Phi) is 9.11. The van der Waals surface area contributed by atoms with E-state index in [-0.39, 0.29) is 28.7 Å². The van der Waals surface area contributed by atoms with Crippen LogP contribution in [0.2, 0.25) is 0 Å².